The lowest BCUT2D eigenvalue weighted by Gasteiger charge is -2.27. The van der Waals surface area contributed by atoms with Gasteiger partial charge in [0.25, 0.3) is 0 Å². The molecule has 3 atom stereocenters. The summed E-state index contributed by atoms with van der Waals surface area (Å²) in [6, 6.07) is 15.8. The van der Waals surface area contributed by atoms with E-state index in [1.165, 1.54) is 11.1 Å². The number of halogens is 2. The summed E-state index contributed by atoms with van der Waals surface area (Å²) in [4.78, 5) is 0. The number of hydrogen-bond acceptors (Lipinski definition) is 1. The van der Waals surface area contributed by atoms with Crippen molar-refractivity contribution in [2.75, 3.05) is 6.54 Å². The number of rotatable bonds is 6. The topological polar surface area (TPSA) is 29.1 Å². The zero-order valence-corrected chi connectivity index (χ0v) is 17.4. The average molecular weight is 398 g/mol. The Balaban J connectivity index is 2.26. The monoisotopic (exact) mass is 397 g/mol. The van der Waals surface area contributed by atoms with E-state index >= 15 is 0 Å². The van der Waals surface area contributed by atoms with Gasteiger partial charge in [-0.2, -0.15) is 0 Å². The van der Waals surface area contributed by atoms with Gasteiger partial charge in [-0.25, -0.2) is 8.93 Å². The molecule has 5 heteroatoms. The zero-order valence-electron chi connectivity index (χ0n) is 15.1. The van der Waals surface area contributed by atoms with Crippen molar-refractivity contribution in [3.8, 4) is 0 Å². The van der Waals surface area contributed by atoms with Crippen LogP contribution in [0, 0.1) is 0 Å². The van der Waals surface area contributed by atoms with Gasteiger partial charge in [-0.3, -0.25) is 0 Å². The SMILES string of the molecule is CC(c1ccc(Cl)cc1)C(CNS(=O)C(C)(C)C)c1ccc(Cl)cc1. The second kappa shape index (κ2) is 8.68. The highest BCUT2D eigenvalue weighted by atomic mass is 35.5. The third kappa shape index (κ3) is 5.82. The molecule has 2 aromatic rings. The van der Waals surface area contributed by atoms with Gasteiger partial charge in [-0.1, -0.05) is 54.4 Å². The molecule has 0 fully saturated rings. The molecule has 3 unspecified atom stereocenters. The summed E-state index contributed by atoms with van der Waals surface area (Å²) in [5.74, 6) is 0.410. The molecule has 2 rings (SSSR count). The van der Waals surface area contributed by atoms with Gasteiger partial charge in [-0.05, 0) is 62.1 Å². The van der Waals surface area contributed by atoms with E-state index in [0.29, 0.717) is 11.6 Å². The van der Waals surface area contributed by atoms with Crippen LogP contribution in [0.25, 0.3) is 0 Å². The molecular weight excluding hydrogens is 373 g/mol. The fraction of sp³-hybridized carbons (Fsp3) is 0.400. The lowest BCUT2D eigenvalue weighted by molar-refractivity contribution is 0.556. The van der Waals surface area contributed by atoms with E-state index in [2.05, 4.69) is 23.8 Å². The predicted molar refractivity (Wildman–Crippen MR) is 110 cm³/mol. The molecule has 0 spiro atoms. The van der Waals surface area contributed by atoms with Crippen molar-refractivity contribution in [3.63, 3.8) is 0 Å². The Bertz CT molecular complexity index is 708. The predicted octanol–water partition coefficient (Wildman–Crippen LogP) is 5.93. The van der Waals surface area contributed by atoms with Crippen LogP contribution in [0.5, 0.6) is 0 Å². The molecule has 0 radical (unpaired) electrons. The van der Waals surface area contributed by atoms with E-state index in [0.717, 1.165) is 5.02 Å². The highest BCUT2D eigenvalue weighted by Crippen LogP contribution is 2.33. The normalized spacial score (nSPS) is 15.6. The second-order valence-electron chi connectivity index (χ2n) is 7.23. The van der Waals surface area contributed by atoms with Gasteiger partial charge in [0.15, 0.2) is 0 Å². The molecule has 0 amide bonds. The van der Waals surface area contributed by atoms with E-state index in [1.807, 2.05) is 57.2 Å². The largest absolute Gasteiger partial charge is 0.242 e. The van der Waals surface area contributed by atoms with Gasteiger partial charge in [0, 0.05) is 22.5 Å². The maximum atomic E-state index is 12.4. The molecule has 0 aromatic heterocycles. The summed E-state index contributed by atoms with van der Waals surface area (Å²) >= 11 is 12.1. The quantitative estimate of drug-likeness (QED) is 0.642. The Labute approximate surface area is 163 Å². The van der Waals surface area contributed by atoms with Crippen LogP contribution < -0.4 is 4.72 Å². The van der Waals surface area contributed by atoms with Crippen molar-refractivity contribution in [3.05, 3.63) is 69.7 Å². The van der Waals surface area contributed by atoms with Crippen LogP contribution in [0.4, 0.5) is 0 Å². The summed E-state index contributed by atoms with van der Waals surface area (Å²) in [5.41, 5.74) is 2.37. The van der Waals surface area contributed by atoms with E-state index in [1.54, 1.807) is 0 Å². The van der Waals surface area contributed by atoms with Gasteiger partial charge >= 0.3 is 0 Å². The molecule has 25 heavy (non-hydrogen) atoms. The minimum atomic E-state index is -1.11. The van der Waals surface area contributed by atoms with E-state index in [-0.39, 0.29) is 16.6 Å². The van der Waals surface area contributed by atoms with E-state index < -0.39 is 11.0 Å². The maximum Gasteiger partial charge on any atom is 0.0970 e. The fourth-order valence-corrected chi connectivity index (χ4v) is 3.69. The molecule has 0 bridgehead atoms. The van der Waals surface area contributed by atoms with Crippen LogP contribution in [-0.2, 0) is 11.0 Å². The molecule has 0 aliphatic carbocycles. The fourth-order valence-electron chi connectivity index (χ4n) is 2.67. The molecule has 0 heterocycles. The van der Waals surface area contributed by atoms with Gasteiger partial charge < -0.3 is 0 Å². The summed E-state index contributed by atoms with van der Waals surface area (Å²) in [6.07, 6.45) is 0. The van der Waals surface area contributed by atoms with Crippen LogP contribution in [0.1, 0.15) is 50.7 Å². The molecule has 2 nitrogen and oxygen atoms in total. The Morgan fingerprint density at radius 1 is 0.920 bits per heavy atom. The number of benzene rings is 2. The summed E-state index contributed by atoms with van der Waals surface area (Å²) in [6.45, 7) is 8.71. The molecule has 0 aliphatic heterocycles. The highest BCUT2D eigenvalue weighted by Gasteiger charge is 2.25. The molecule has 136 valence electrons. The molecule has 0 saturated heterocycles. The Morgan fingerprint density at radius 3 is 1.80 bits per heavy atom. The minimum absolute atomic E-state index is 0.171. The first-order valence-corrected chi connectivity index (χ1v) is 10.3. The van der Waals surface area contributed by atoms with Gasteiger partial charge in [-0.15, -0.1) is 0 Å². The van der Waals surface area contributed by atoms with Crippen LogP contribution >= 0.6 is 23.2 Å². The van der Waals surface area contributed by atoms with Crippen LogP contribution in [-0.4, -0.2) is 15.5 Å². The maximum absolute atomic E-state index is 12.4. The van der Waals surface area contributed by atoms with E-state index in [9.17, 15) is 4.21 Å². The summed E-state index contributed by atoms with van der Waals surface area (Å²) < 4.78 is 15.3. The van der Waals surface area contributed by atoms with Crippen molar-refractivity contribution in [2.45, 2.75) is 44.3 Å². The zero-order chi connectivity index (χ0) is 18.6. The van der Waals surface area contributed by atoms with Crippen molar-refractivity contribution in [2.24, 2.45) is 0 Å². The lowest BCUT2D eigenvalue weighted by Crippen LogP contribution is -2.36. The summed E-state index contributed by atoms with van der Waals surface area (Å²) in [5, 5.41) is 1.44. The molecule has 2 aromatic carbocycles. The Morgan fingerprint density at radius 2 is 1.36 bits per heavy atom. The Hall–Kier alpha value is -0.870. The molecule has 0 saturated carbocycles. The standard InChI is InChI=1S/C20H25Cl2NOS/c1-14(15-5-9-17(21)10-6-15)19(13-23-25(24)20(2,3)4)16-7-11-18(22)12-8-16/h5-12,14,19,23H,13H2,1-4H3. The van der Waals surface area contributed by atoms with Crippen LogP contribution in [0.2, 0.25) is 10.0 Å². The minimum Gasteiger partial charge on any atom is -0.242 e. The molecule has 1 N–H and O–H groups in total. The van der Waals surface area contributed by atoms with Crippen molar-refractivity contribution < 1.29 is 4.21 Å². The van der Waals surface area contributed by atoms with Crippen molar-refractivity contribution >= 4 is 34.2 Å². The van der Waals surface area contributed by atoms with Crippen molar-refractivity contribution in [1.82, 2.24) is 4.72 Å². The van der Waals surface area contributed by atoms with Gasteiger partial charge in [0.2, 0.25) is 0 Å². The highest BCUT2D eigenvalue weighted by molar-refractivity contribution is 7.84. The molecule has 0 aliphatic rings. The Kier molecular flexibility index (Phi) is 7.10. The van der Waals surface area contributed by atoms with Crippen LogP contribution in [0.3, 0.4) is 0 Å². The first kappa shape index (κ1) is 20.4. The molecular formula is C20H25Cl2NOS. The number of nitrogens with one attached hydrogen (secondary N) is 1. The lowest BCUT2D eigenvalue weighted by atomic mass is 9.83. The van der Waals surface area contributed by atoms with Crippen molar-refractivity contribution in [1.29, 1.82) is 0 Å². The second-order valence-corrected chi connectivity index (χ2v) is 10.2. The van der Waals surface area contributed by atoms with E-state index in [4.69, 9.17) is 23.2 Å². The summed E-state index contributed by atoms with van der Waals surface area (Å²) in [7, 11) is -1.11. The van der Waals surface area contributed by atoms with Gasteiger partial charge in [0.1, 0.15) is 0 Å². The van der Waals surface area contributed by atoms with Gasteiger partial charge in [0.05, 0.1) is 15.7 Å². The van der Waals surface area contributed by atoms with Crippen LogP contribution in [0.15, 0.2) is 48.5 Å². The first-order valence-electron chi connectivity index (χ1n) is 8.35. The third-order valence-corrected chi connectivity index (χ3v) is 6.33. The average Bonchev–Trinajstić information content (AvgIpc) is 2.56. The smallest absolute Gasteiger partial charge is 0.0970 e. The first-order chi connectivity index (χ1) is 11.7. The number of hydrogen-bond donors (Lipinski definition) is 1. The third-order valence-electron chi connectivity index (χ3n) is 4.29.